The summed E-state index contributed by atoms with van der Waals surface area (Å²) >= 11 is 0. The van der Waals surface area contributed by atoms with Crippen LogP contribution in [0, 0.1) is 11.8 Å². The van der Waals surface area contributed by atoms with Crippen LogP contribution in [0.1, 0.15) is 42.5 Å². The predicted molar refractivity (Wildman–Crippen MR) is 63.0 cm³/mol. The zero-order valence-electron chi connectivity index (χ0n) is 9.65. The van der Waals surface area contributed by atoms with E-state index < -0.39 is 0 Å². The molecular weight excluding hydrogens is 198 g/mol. The maximum Gasteiger partial charge on any atom is 0.0855 e. The highest BCUT2D eigenvalue weighted by Crippen LogP contribution is 2.39. The molecule has 1 aromatic rings. The molecule has 1 atom stereocenters. The molecule has 0 radical (unpaired) electrons. The Morgan fingerprint density at radius 3 is 2.88 bits per heavy atom. The van der Waals surface area contributed by atoms with E-state index in [2.05, 4.69) is 11.1 Å². The van der Waals surface area contributed by atoms with Crippen LogP contribution in [0.5, 0.6) is 0 Å². The maximum atomic E-state index is 9.25. The normalized spacial score (nSPS) is 24.2. The summed E-state index contributed by atoms with van der Waals surface area (Å²) in [5.74, 6) is 1.92. The van der Waals surface area contributed by atoms with Crippen molar-refractivity contribution in [1.29, 1.82) is 0 Å². The maximum absolute atomic E-state index is 9.25. The summed E-state index contributed by atoms with van der Waals surface area (Å²) < 4.78 is 0. The van der Waals surface area contributed by atoms with Crippen LogP contribution in [0.2, 0.25) is 0 Å². The number of rotatable bonds is 3. The highest BCUT2D eigenvalue weighted by Gasteiger charge is 2.28. The van der Waals surface area contributed by atoms with Gasteiger partial charge < -0.3 is 5.11 Å². The topological polar surface area (TPSA) is 33.1 Å². The molecule has 2 aliphatic rings. The van der Waals surface area contributed by atoms with E-state index in [-0.39, 0.29) is 6.61 Å². The van der Waals surface area contributed by atoms with Gasteiger partial charge in [0, 0.05) is 6.20 Å². The fourth-order valence-corrected chi connectivity index (χ4v) is 3.00. The molecule has 0 aromatic carbocycles. The van der Waals surface area contributed by atoms with Crippen LogP contribution >= 0.6 is 0 Å². The monoisotopic (exact) mass is 217 g/mol. The molecule has 1 aromatic heterocycles. The van der Waals surface area contributed by atoms with Gasteiger partial charge in [0.05, 0.1) is 12.3 Å². The van der Waals surface area contributed by atoms with E-state index in [9.17, 15) is 5.11 Å². The molecule has 0 amide bonds. The lowest BCUT2D eigenvalue weighted by Crippen LogP contribution is -2.17. The second-order valence-corrected chi connectivity index (χ2v) is 5.34. The van der Waals surface area contributed by atoms with E-state index in [1.165, 1.54) is 43.2 Å². The van der Waals surface area contributed by atoms with E-state index in [1.807, 2.05) is 6.20 Å². The summed E-state index contributed by atoms with van der Waals surface area (Å²) in [6, 6.07) is 2.15. The third-order valence-electron chi connectivity index (χ3n) is 4.07. The summed E-state index contributed by atoms with van der Waals surface area (Å²) in [5, 5.41) is 9.25. The molecule has 3 rings (SSSR count). The van der Waals surface area contributed by atoms with Crippen molar-refractivity contribution >= 4 is 0 Å². The fourth-order valence-electron chi connectivity index (χ4n) is 3.00. The van der Waals surface area contributed by atoms with Crippen LogP contribution in [0.3, 0.4) is 0 Å². The van der Waals surface area contributed by atoms with Gasteiger partial charge in [-0.15, -0.1) is 0 Å². The average molecular weight is 217 g/mol. The van der Waals surface area contributed by atoms with Gasteiger partial charge in [0.25, 0.3) is 0 Å². The molecule has 2 aliphatic carbocycles. The number of aliphatic hydroxyl groups is 1. The molecule has 0 bridgehead atoms. The summed E-state index contributed by atoms with van der Waals surface area (Å²) in [7, 11) is 0. The smallest absolute Gasteiger partial charge is 0.0855 e. The minimum Gasteiger partial charge on any atom is -0.390 e. The van der Waals surface area contributed by atoms with Crippen LogP contribution in [-0.4, -0.2) is 10.1 Å². The van der Waals surface area contributed by atoms with Crippen LogP contribution in [0.4, 0.5) is 0 Å². The summed E-state index contributed by atoms with van der Waals surface area (Å²) in [6.45, 7) is 0.0937. The van der Waals surface area contributed by atoms with Crippen molar-refractivity contribution in [2.75, 3.05) is 0 Å². The van der Waals surface area contributed by atoms with E-state index >= 15 is 0 Å². The molecule has 0 aliphatic heterocycles. The summed E-state index contributed by atoms with van der Waals surface area (Å²) in [5.41, 5.74) is 3.68. The first kappa shape index (κ1) is 10.3. The van der Waals surface area contributed by atoms with Crippen LogP contribution < -0.4 is 0 Å². The molecule has 2 nitrogen and oxygen atoms in total. The number of hydrogen-bond acceptors (Lipinski definition) is 2. The van der Waals surface area contributed by atoms with Crippen molar-refractivity contribution in [3.05, 3.63) is 29.1 Å². The number of fused-ring (bicyclic) bond motifs is 1. The Balaban J connectivity index is 1.77. The van der Waals surface area contributed by atoms with Crippen LogP contribution in [0.15, 0.2) is 12.3 Å². The molecule has 1 N–H and O–H groups in total. The van der Waals surface area contributed by atoms with Gasteiger partial charge in [0.1, 0.15) is 0 Å². The van der Waals surface area contributed by atoms with E-state index in [0.717, 1.165) is 24.0 Å². The first-order valence-corrected chi connectivity index (χ1v) is 6.43. The van der Waals surface area contributed by atoms with E-state index in [0.29, 0.717) is 0 Å². The molecule has 2 heteroatoms. The molecule has 1 heterocycles. The molecule has 0 saturated heterocycles. The van der Waals surface area contributed by atoms with Gasteiger partial charge in [-0.2, -0.15) is 0 Å². The van der Waals surface area contributed by atoms with E-state index in [4.69, 9.17) is 0 Å². The third kappa shape index (κ3) is 1.99. The number of hydrogen-bond donors (Lipinski definition) is 1. The average Bonchev–Trinajstić information content (AvgIpc) is 3.12. The Labute approximate surface area is 96.7 Å². The van der Waals surface area contributed by atoms with Gasteiger partial charge in [0.2, 0.25) is 0 Å². The summed E-state index contributed by atoms with van der Waals surface area (Å²) in [4.78, 5) is 4.26. The fraction of sp³-hybridized carbons (Fsp3) is 0.643. The summed E-state index contributed by atoms with van der Waals surface area (Å²) in [6.07, 6.45) is 9.82. The molecular formula is C14H19NO. The predicted octanol–water partition coefficient (Wildman–Crippen LogP) is 2.48. The molecule has 16 heavy (non-hydrogen) atoms. The number of pyridine rings is 1. The second kappa shape index (κ2) is 4.17. The zero-order chi connectivity index (χ0) is 11.0. The quantitative estimate of drug-likeness (QED) is 0.843. The van der Waals surface area contributed by atoms with Gasteiger partial charge in [-0.25, -0.2) is 0 Å². The van der Waals surface area contributed by atoms with Gasteiger partial charge in [-0.05, 0) is 54.7 Å². The number of aromatic nitrogens is 1. The first-order chi connectivity index (χ1) is 7.86. The van der Waals surface area contributed by atoms with Gasteiger partial charge >= 0.3 is 0 Å². The van der Waals surface area contributed by atoms with Gasteiger partial charge in [0.15, 0.2) is 0 Å². The lowest BCUT2D eigenvalue weighted by atomic mass is 9.81. The standard InChI is InChI=1S/C14H19NO/c16-9-14-13-4-3-11(7-10-1-2-10)8-12(13)5-6-15-14/h5-6,10-11,16H,1-4,7-9H2/t11-/m0/s1. The van der Waals surface area contributed by atoms with Crippen molar-refractivity contribution < 1.29 is 5.11 Å². The van der Waals surface area contributed by atoms with Crippen molar-refractivity contribution in [3.63, 3.8) is 0 Å². The molecule has 1 fully saturated rings. The third-order valence-corrected chi connectivity index (χ3v) is 4.07. The molecule has 0 spiro atoms. The lowest BCUT2D eigenvalue weighted by Gasteiger charge is -2.25. The van der Waals surface area contributed by atoms with Crippen LogP contribution in [-0.2, 0) is 19.4 Å². The highest BCUT2D eigenvalue weighted by atomic mass is 16.3. The largest absolute Gasteiger partial charge is 0.390 e. The molecule has 1 saturated carbocycles. The zero-order valence-corrected chi connectivity index (χ0v) is 9.65. The second-order valence-electron chi connectivity index (χ2n) is 5.34. The Morgan fingerprint density at radius 2 is 2.12 bits per heavy atom. The lowest BCUT2D eigenvalue weighted by molar-refractivity contribution is 0.273. The van der Waals surface area contributed by atoms with Crippen molar-refractivity contribution in [1.82, 2.24) is 4.98 Å². The minimum absolute atomic E-state index is 0.0937. The Kier molecular flexibility index (Phi) is 2.68. The Hall–Kier alpha value is -0.890. The minimum atomic E-state index is 0.0937. The molecule has 0 unspecified atom stereocenters. The van der Waals surface area contributed by atoms with Crippen LogP contribution in [0.25, 0.3) is 0 Å². The van der Waals surface area contributed by atoms with Gasteiger partial charge in [-0.1, -0.05) is 12.8 Å². The van der Waals surface area contributed by atoms with Crippen molar-refractivity contribution in [2.24, 2.45) is 11.8 Å². The first-order valence-electron chi connectivity index (χ1n) is 6.43. The van der Waals surface area contributed by atoms with Gasteiger partial charge in [-0.3, -0.25) is 4.98 Å². The molecule has 86 valence electrons. The number of nitrogens with zero attached hydrogens (tertiary/aromatic N) is 1. The number of aliphatic hydroxyl groups excluding tert-OH is 1. The van der Waals surface area contributed by atoms with Crippen molar-refractivity contribution in [2.45, 2.75) is 45.1 Å². The van der Waals surface area contributed by atoms with Crippen molar-refractivity contribution in [3.8, 4) is 0 Å². The van der Waals surface area contributed by atoms with E-state index in [1.54, 1.807) is 0 Å². The SMILES string of the molecule is OCc1nccc2c1CC[C@@H](CC1CC1)C2. The Bertz CT molecular complexity index is 384. The Morgan fingerprint density at radius 1 is 1.25 bits per heavy atom. The highest BCUT2D eigenvalue weighted by molar-refractivity contribution is 5.32.